The van der Waals surface area contributed by atoms with Gasteiger partial charge >= 0.3 is 0 Å². The number of benzene rings is 2. The molecule has 0 saturated carbocycles. The van der Waals surface area contributed by atoms with Gasteiger partial charge in [0.25, 0.3) is 5.91 Å². The zero-order valence-corrected chi connectivity index (χ0v) is 16.5. The van der Waals surface area contributed by atoms with E-state index >= 15 is 0 Å². The van der Waals surface area contributed by atoms with Crippen molar-refractivity contribution >= 4 is 12.0 Å². The van der Waals surface area contributed by atoms with Crippen molar-refractivity contribution in [1.82, 2.24) is 5.32 Å². The summed E-state index contributed by atoms with van der Waals surface area (Å²) >= 11 is 0. The Morgan fingerprint density at radius 1 is 1.21 bits per heavy atom. The van der Waals surface area contributed by atoms with Crippen LogP contribution in [0, 0.1) is 11.3 Å². The summed E-state index contributed by atoms with van der Waals surface area (Å²) in [5, 5.41) is 12.0. The van der Waals surface area contributed by atoms with E-state index in [1.807, 2.05) is 38.1 Å². The number of methoxy groups -OCH3 is 1. The Morgan fingerprint density at radius 2 is 2.00 bits per heavy atom. The molecule has 0 spiro atoms. The van der Waals surface area contributed by atoms with Crippen LogP contribution in [0.25, 0.3) is 6.08 Å². The Balaban J connectivity index is 1.74. The van der Waals surface area contributed by atoms with Crippen LogP contribution >= 0.6 is 0 Å². The number of amides is 1. The van der Waals surface area contributed by atoms with E-state index in [1.165, 1.54) is 13.2 Å². The monoisotopic (exact) mass is 394 g/mol. The first-order chi connectivity index (χ1) is 14.0. The maximum absolute atomic E-state index is 12.1. The van der Waals surface area contributed by atoms with E-state index in [9.17, 15) is 10.1 Å². The Bertz CT molecular complexity index is 976. The highest BCUT2D eigenvalue weighted by Crippen LogP contribution is 2.34. The minimum atomic E-state index is -0.412. The number of carbonyl (C=O) groups excluding carboxylic acids is 1. The van der Waals surface area contributed by atoms with Gasteiger partial charge in [0.05, 0.1) is 7.11 Å². The summed E-state index contributed by atoms with van der Waals surface area (Å²) < 4.78 is 22.0. The lowest BCUT2D eigenvalue weighted by Gasteiger charge is -2.12. The van der Waals surface area contributed by atoms with Crippen LogP contribution in [-0.4, -0.2) is 25.9 Å². The zero-order chi connectivity index (χ0) is 20.8. The van der Waals surface area contributed by atoms with Crippen LogP contribution in [0.4, 0.5) is 0 Å². The molecule has 1 aliphatic rings. The van der Waals surface area contributed by atoms with E-state index < -0.39 is 5.91 Å². The summed E-state index contributed by atoms with van der Waals surface area (Å²) in [6.45, 7) is 4.22. The smallest absolute Gasteiger partial charge is 0.262 e. The summed E-state index contributed by atoms with van der Waals surface area (Å²) in [6.07, 6.45) is 1.52. The van der Waals surface area contributed by atoms with E-state index in [2.05, 4.69) is 5.32 Å². The number of nitrogens with zero attached hydrogens (tertiary/aromatic N) is 1. The molecule has 0 aliphatic carbocycles. The molecule has 1 heterocycles. The van der Waals surface area contributed by atoms with Gasteiger partial charge in [-0.05, 0) is 55.3 Å². The number of nitrogens with one attached hydrogen (secondary N) is 1. The van der Waals surface area contributed by atoms with Crippen LogP contribution in [0.1, 0.15) is 25.0 Å². The van der Waals surface area contributed by atoms with Gasteiger partial charge in [0.1, 0.15) is 18.2 Å². The van der Waals surface area contributed by atoms with Gasteiger partial charge in [0.15, 0.2) is 23.0 Å². The summed E-state index contributed by atoms with van der Waals surface area (Å²) in [5.74, 6) is 2.05. The summed E-state index contributed by atoms with van der Waals surface area (Å²) in [4.78, 5) is 12.1. The standard InChI is InChI=1S/C22H22N2O5/c1-14(2)24-22(25)17(11-23)8-15-4-6-18(20(9-15)26-3)27-12-16-5-7-19-21(10-16)29-13-28-19/h4-10,14H,12-13H2,1-3H3,(H,24,25)/b17-8-. The SMILES string of the molecule is COc1cc(/C=C(/C#N)C(=O)NC(C)C)ccc1OCc1ccc2c(c1)OCO2. The second-order valence-corrected chi connectivity index (χ2v) is 6.68. The van der Waals surface area contributed by atoms with E-state index in [-0.39, 0.29) is 18.4 Å². The summed E-state index contributed by atoms with van der Waals surface area (Å²) in [7, 11) is 1.53. The van der Waals surface area contributed by atoms with Crippen molar-refractivity contribution in [2.75, 3.05) is 13.9 Å². The van der Waals surface area contributed by atoms with Gasteiger partial charge in [-0.3, -0.25) is 4.79 Å². The molecule has 0 aromatic heterocycles. The van der Waals surface area contributed by atoms with Gasteiger partial charge in [-0.25, -0.2) is 0 Å². The number of nitriles is 1. The van der Waals surface area contributed by atoms with Crippen LogP contribution in [0.2, 0.25) is 0 Å². The highest BCUT2D eigenvalue weighted by Gasteiger charge is 2.14. The maximum atomic E-state index is 12.1. The normalized spacial score (nSPS) is 12.4. The van der Waals surface area contributed by atoms with Crippen LogP contribution in [0.15, 0.2) is 42.0 Å². The number of hydrogen-bond acceptors (Lipinski definition) is 6. The number of hydrogen-bond donors (Lipinski definition) is 1. The van der Waals surface area contributed by atoms with E-state index in [1.54, 1.807) is 18.2 Å². The first-order valence-corrected chi connectivity index (χ1v) is 9.12. The molecule has 2 aromatic rings. The Hall–Kier alpha value is -3.66. The molecule has 1 amide bonds. The van der Waals surface area contributed by atoms with Crippen molar-refractivity contribution in [2.24, 2.45) is 0 Å². The van der Waals surface area contributed by atoms with Gasteiger partial charge in [0.2, 0.25) is 6.79 Å². The van der Waals surface area contributed by atoms with Gasteiger partial charge in [-0.2, -0.15) is 5.26 Å². The largest absolute Gasteiger partial charge is 0.493 e. The molecule has 0 saturated heterocycles. The maximum Gasteiger partial charge on any atom is 0.262 e. The summed E-state index contributed by atoms with van der Waals surface area (Å²) in [6, 6.07) is 12.7. The fourth-order valence-corrected chi connectivity index (χ4v) is 2.74. The number of fused-ring (bicyclic) bond motifs is 1. The Labute approximate surface area is 169 Å². The first-order valence-electron chi connectivity index (χ1n) is 9.12. The topological polar surface area (TPSA) is 89.8 Å². The third-order valence-corrected chi connectivity index (χ3v) is 4.11. The molecule has 0 bridgehead atoms. The molecule has 2 aromatic carbocycles. The molecule has 1 aliphatic heterocycles. The number of carbonyl (C=O) groups is 1. The first kappa shape index (κ1) is 20.1. The molecule has 0 fully saturated rings. The average molecular weight is 394 g/mol. The molecular weight excluding hydrogens is 372 g/mol. The van der Waals surface area contributed by atoms with Crippen LogP contribution < -0.4 is 24.3 Å². The lowest BCUT2D eigenvalue weighted by atomic mass is 10.1. The Kier molecular flexibility index (Phi) is 6.25. The fraction of sp³-hybridized carbons (Fsp3) is 0.273. The molecule has 0 unspecified atom stereocenters. The van der Waals surface area contributed by atoms with Crippen molar-refractivity contribution in [3.63, 3.8) is 0 Å². The third kappa shape index (κ3) is 4.99. The second-order valence-electron chi connectivity index (χ2n) is 6.68. The molecule has 29 heavy (non-hydrogen) atoms. The molecule has 1 N–H and O–H groups in total. The second kappa shape index (κ2) is 9.02. The van der Waals surface area contributed by atoms with Gasteiger partial charge in [-0.1, -0.05) is 12.1 Å². The molecule has 0 atom stereocenters. The fourth-order valence-electron chi connectivity index (χ4n) is 2.74. The summed E-state index contributed by atoms with van der Waals surface area (Å²) in [5.41, 5.74) is 1.61. The van der Waals surface area contributed by atoms with Crippen LogP contribution in [0.3, 0.4) is 0 Å². The van der Waals surface area contributed by atoms with E-state index in [4.69, 9.17) is 18.9 Å². The van der Waals surface area contributed by atoms with E-state index in [0.29, 0.717) is 29.4 Å². The van der Waals surface area contributed by atoms with Gasteiger partial charge < -0.3 is 24.3 Å². The third-order valence-electron chi connectivity index (χ3n) is 4.11. The molecule has 0 radical (unpaired) electrons. The lowest BCUT2D eigenvalue weighted by Crippen LogP contribution is -2.30. The van der Waals surface area contributed by atoms with Crippen molar-refractivity contribution < 1.29 is 23.7 Å². The zero-order valence-electron chi connectivity index (χ0n) is 16.5. The highest BCUT2D eigenvalue weighted by atomic mass is 16.7. The van der Waals surface area contributed by atoms with Crippen molar-refractivity contribution in [3.8, 4) is 29.1 Å². The average Bonchev–Trinajstić information content (AvgIpc) is 3.18. The Morgan fingerprint density at radius 3 is 2.72 bits per heavy atom. The van der Waals surface area contributed by atoms with Crippen molar-refractivity contribution in [1.29, 1.82) is 5.26 Å². The molecule has 7 heteroatoms. The lowest BCUT2D eigenvalue weighted by molar-refractivity contribution is -0.117. The minimum absolute atomic E-state index is 0.0229. The van der Waals surface area contributed by atoms with Gasteiger partial charge in [0, 0.05) is 6.04 Å². The van der Waals surface area contributed by atoms with Gasteiger partial charge in [-0.15, -0.1) is 0 Å². The van der Waals surface area contributed by atoms with E-state index in [0.717, 1.165) is 11.3 Å². The van der Waals surface area contributed by atoms with Crippen LogP contribution in [0.5, 0.6) is 23.0 Å². The molecule has 150 valence electrons. The predicted octanol–water partition coefficient (Wildman–Crippen LogP) is 3.43. The number of ether oxygens (including phenoxy) is 4. The molecule has 3 rings (SSSR count). The van der Waals surface area contributed by atoms with Crippen molar-refractivity contribution in [3.05, 3.63) is 53.1 Å². The molecule has 7 nitrogen and oxygen atoms in total. The molecular formula is C22H22N2O5. The van der Waals surface area contributed by atoms with Crippen molar-refractivity contribution in [2.45, 2.75) is 26.5 Å². The minimum Gasteiger partial charge on any atom is -0.493 e. The highest BCUT2D eigenvalue weighted by molar-refractivity contribution is 6.01. The van der Waals surface area contributed by atoms with Crippen LogP contribution in [-0.2, 0) is 11.4 Å². The predicted molar refractivity (Wildman–Crippen MR) is 107 cm³/mol. The number of rotatable bonds is 7. The quantitative estimate of drug-likeness (QED) is 0.572.